The van der Waals surface area contributed by atoms with Gasteiger partial charge in [0.1, 0.15) is 12.2 Å². The number of carboxylic acid groups (broad SMARTS) is 1. The number of carbonyl (C=O) groups is 2. The third kappa shape index (κ3) is 5.71. The number of rotatable bonds is 7. The Bertz CT molecular complexity index is 1300. The Balaban J connectivity index is 1.76. The highest BCUT2D eigenvalue weighted by molar-refractivity contribution is 7.92. The zero-order valence-corrected chi connectivity index (χ0v) is 17.9. The number of benzene rings is 2. The summed E-state index contributed by atoms with van der Waals surface area (Å²) in [6, 6.07) is 12.0. The fourth-order valence-electron chi connectivity index (χ4n) is 3.04. The molecule has 0 aliphatic rings. The number of anilines is 1. The standard InChI is InChI=1S/C21H18F3N3O5S/c1-13-11-15(6-9-17(13)27-10-2-3-18(27)20(29)30)26-33(31,32)16-7-4-14(5-8-16)19(28)25-12-21(22,23)24/h2-11,26H,12H2,1H3,(H,25,28)(H,29,30). The number of carboxylic acids is 1. The van der Waals surface area contributed by atoms with Crippen LogP contribution in [0.25, 0.3) is 5.69 Å². The maximum absolute atomic E-state index is 12.7. The zero-order valence-electron chi connectivity index (χ0n) is 17.1. The maximum Gasteiger partial charge on any atom is 0.405 e. The molecule has 3 N–H and O–H groups in total. The van der Waals surface area contributed by atoms with Crippen molar-refractivity contribution in [3.63, 3.8) is 0 Å². The van der Waals surface area contributed by atoms with E-state index in [1.807, 2.05) is 0 Å². The van der Waals surface area contributed by atoms with Crippen molar-refractivity contribution >= 4 is 27.6 Å². The molecule has 0 aliphatic heterocycles. The van der Waals surface area contributed by atoms with E-state index in [2.05, 4.69) is 4.72 Å². The van der Waals surface area contributed by atoms with E-state index in [9.17, 15) is 36.3 Å². The van der Waals surface area contributed by atoms with Crippen LogP contribution in [0.2, 0.25) is 0 Å². The first-order valence-electron chi connectivity index (χ1n) is 9.37. The van der Waals surface area contributed by atoms with E-state index in [-0.39, 0.29) is 21.8 Å². The number of nitrogens with one attached hydrogen (secondary N) is 2. The van der Waals surface area contributed by atoms with Crippen LogP contribution in [0.1, 0.15) is 26.4 Å². The number of aromatic carboxylic acids is 1. The summed E-state index contributed by atoms with van der Waals surface area (Å²) in [6.07, 6.45) is -2.99. The van der Waals surface area contributed by atoms with Gasteiger partial charge in [-0.2, -0.15) is 13.2 Å². The highest BCUT2D eigenvalue weighted by atomic mass is 32.2. The first-order valence-corrected chi connectivity index (χ1v) is 10.9. The number of carbonyl (C=O) groups excluding carboxylic acids is 1. The van der Waals surface area contributed by atoms with Crippen molar-refractivity contribution in [2.24, 2.45) is 0 Å². The van der Waals surface area contributed by atoms with Gasteiger partial charge in [0.15, 0.2) is 0 Å². The Kier molecular flexibility index (Phi) is 6.49. The first-order chi connectivity index (χ1) is 15.4. The van der Waals surface area contributed by atoms with E-state index < -0.39 is 34.6 Å². The molecule has 0 aliphatic carbocycles. The van der Waals surface area contributed by atoms with E-state index >= 15 is 0 Å². The van der Waals surface area contributed by atoms with Gasteiger partial charge in [-0.1, -0.05) is 0 Å². The summed E-state index contributed by atoms with van der Waals surface area (Å²) in [5.41, 5.74) is 1.29. The summed E-state index contributed by atoms with van der Waals surface area (Å²) in [6.45, 7) is 0.187. The molecule has 33 heavy (non-hydrogen) atoms. The lowest BCUT2D eigenvalue weighted by Crippen LogP contribution is -2.33. The van der Waals surface area contributed by atoms with Gasteiger partial charge in [-0.25, -0.2) is 13.2 Å². The Morgan fingerprint density at radius 1 is 1.06 bits per heavy atom. The number of hydrogen-bond donors (Lipinski definition) is 3. The number of amides is 1. The van der Waals surface area contributed by atoms with Crippen LogP contribution in [-0.2, 0) is 10.0 Å². The van der Waals surface area contributed by atoms with E-state index in [4.69, 9.17) is 0 Å². The van der Waals surface area contributed by atoms with Crippen molar-refractivity contribution in [2.45, 2.75) is 18.0 Å². The van der Waals surface area contributed by atoms with Crippen molar-refractivity contribution in [1.82, 2.24) is 9.88 Å². The molecule has 0 fully saturated rings. The molecular weight excluding hydrogens is 463 g/mol. The van der Waals surface area contributed by atoms with E-state index in [0.29, 0.717) is 11.3 Å². The minimum absolute atomic E-state index is 0.0470. The topological polar surface area (TPSA) is 117 Å². The van der Waals surface area contributed by atoms with Crippen LogP contribution in [0.15, 0.2) is 65.7 Å². The molecule has 0 atom stereocenters. The van der Waals surface area contributed by atoms with Gasteiger partial charge in [0, 0.05) is 23.1 Å². The minimum atomic E-state index is -4.56. The van der Waals surface area contributed by atoms with Crippen LogP contribution in [0.4, 0.5) is 18.9 Å². The number of sulfonamides is 1. The van der Waals surface area contributed by atoms with Crippen molar-refractivity contribution in [1.29, 1.82) is 0 Å². The second-order valence-corrected chi connectivity index (χ2v) is 8.68. The van der Waals surface area contributed by atoms with Gasteiger partial charge in [-0.05, 0) is 67.1 Å². The molecule has 0 radical (unpaired) electrons. The lowest BCUT2D eigenvalue weighted by atomic mass is 10.1. The van der Waals surface area contributed by atoms with Crippen LogP contribution in [0, 0.1) is 6.92 Å². The van der Waals surface area contributed by atoms with Gasteiger partial charge in [0.25, 0.3) is 15.9 Å². The fourth-order valence-corrected chi connectivity index (χ4v) is 4.09. The molecule has 1 aromatic heterocycles. The number of aryl methyl sites for hydroxylation is 1. The fraction of sp³-hybridized carbons (Fsp3) is 0.143. The molecule has 12 heteroatoms. The third-order valence-corrected chi connectivity index (χ3v) is 5.95. The molecule has 0 saturated carbocycles. The summed E-state index contributed by atoms with van der Waals surface area (Å²) in [4.78, 5) is 22.9. The molecule has 3 aromatic rings. The number of aromatic nitrogens is 1. The Hall–Kier alpha value is -3.80. The van der Waals surface area contributed by atoms with Gasteiger partial charge < -0.3 is 15.0 Å². The summed E-state index contributed by atoms with van der Waals surface area (Å²) < 4.78 is 65.8. The molecule has 1 amide bonds. The second kappa shape index (κ2) is 8.98. The highest BCUT2D eigenvalue weighted by Crippen LogP contribution is 2.23. The average molecular weight is 481 g/mol. The Labute approximate surface area is 186 Å². The summed E-state index contributed by atoms with van der Waals surface area (Å²) in [5.74, 6) is -2.10. The largest absolute Gasteiger partial charge is 0.477 e. The molecule has 0 saturated heterocycles. The summed E-state index contributed by atoms with van der Waals surface area (Å²) in [7, 11) is -4.06. The van der Waals surface area contributed by atoms with Gasteiger partial charge in [0.2, 0.25) is 0 Å². The van der Waals surface area contributed by atoms with Crippen molar-refractivity contribution < 1.29 is 36.3 Å². The number of nitrogens with zero attached hydrogens (tertiary/aromatic N) is 1. The van der Waals surface area contributed by atoms with E-state index in [1.54, 1.807) is 30.6 Å². The van der Waals surface area contributed by atoms with E-state index in [0.717, 1.165) is 24.3 Å². The molecule has 0 unspecified atom stereocenters. The number of alkyl halides is 3. The lowest BCUT2D eigenvalue weighted by molar-refractivity contribution is -0.123. The summed E-state index contributed by atoms with van der Waals surface area (Å²) in [5, 5.41) is 11.0. The minimum Gasteiger partial charge on any atom is -0.477 e. The lowest BCUT2D eigenvalue weighted by Gasteiger charge is -2.13. The highest BCUT2D eigenvalue weighted by Gasteiger charge is 2.28. The number of hydrogen-bond acceptors (Lipinski definition) is 4. The normalized spacial score (nSPS) is 11.8. The van der Waals surface area contributed by atoms with Crippen LogP contribution < -0.4 is 10.0 Å². The van der Waals surface area contributed by atoms with Crippen LogP contribution in [-0.4, -0.2) is 42.7 Å². The third-order valence-electron chi connectivity index (χ3n) is 4.55. The Morgan fingerprint density at radius 3 is 2.30 bits per heavy atom. The molecular formula is C21H18F3N3O5S. The predicted octanol–water partition coefficient (Wildman–Crippen LogP) is 3.58. The van der Waals surface area contributed by atoms with Crippen LogP contribution in [0.3, 0.4) is 0 Å². The SMILES string of the molecule is Cc1cc(NS(=O)(=O)c2ccc(C(=O)NCC(F)(F)F)cc2)ccc1-n1cccc1C(=O)O. The van der Waals surface area contributed by atoms with Gasteiger partial charge in [-0.3, -0.25) is 9.52 Å². The van der Waals surface area contributed by atoms with Crippen molar-refractivity contribution in [3.05, 3.63) is 77.6 Å². The van der Waals surface area contributed by atoms with Crippen LogP contribution >= 0.6 is 0 Å². The molecule has 0 spiro atoms. The predicted molar refractivity (Wildman–Crippen MR) is 113 cm³/mol. The monoisotopic (exact) mass is 481 g/mol. The van der Waals surface area contributed by atoms with Crippen LogP contribution in [0.5, 0.6) is 0 Å². The molecule has 3 rings (SSSR count). The zero-order chi connectivity index (χ0) is 24.4. The quantitative estimate of drug-likeness (QED) is 0.477. The smallest absolute Gasteiger partial charge is 0.405 e. The average Bonchev–Trinajstić information content (AvgIpc) is 3.21. The first kappa shape index (κ1) is 23.9. The second-order valence-electron chi connectivity index (χ2n) is 7.00. The molecule has 2 aromatic carbocycles. The van der Waals surface area contributed by atoms with E-state index in [1.165, 1.54) is 22.8 Å². The Morgan fingerprint density at radius 2 is 1.73 bits per heavy atom. The van der Waals surface area contributed by atoms with Gasteiger partial charge in [0.05, 0.1) is 4.90 Å². The van der Waals surface area contributed by atoms with Crippen molar-refractivity contribution in [3.8, 4) is 5.69 Å². The molecule has 8 nitrogen and oxygen atoms in total. The molecule has 0 bridgehead atoms. The van der Waals surface area contributed by atoms with Gasteiger partial charge >= 0.3 is 12.1 Å². The molecule has 1 heterocycles. The maximum atomic E-state index is 12.7. The molecule has 174 valence electrons. The van der Waals surface area contributed by atoms with Gasteiger partial charge in [-0.15, -0.1) is 0 Å². The summed E-state index contributed by atoms with van der Waals surface area (Å²) >= 11 is 0. The van der Waals surface area contributed by atoms with Crippen molar-refractivity contribution in [2.75, 3.05) is 11.3 Å². The number of halogens is 3.